The Bertz CT molecular complexity index is 385. The van der Waals surface area contributed by atoms with Crippen LogP contribution in [-0.2, 0) is 22.2 Å². The molecule has 0 spiro atoms. The van der Waals surface area contributed by atoms with Gasteiger partial charge >= 0.3 is 0 Å². The molecule has 0 radical (unpaired) electrons. The first-order valence-electron chi connectivity index (χ1n) is 4.09. The van der Waals surface area contributed by atoms with Crippen molar-refractivity contribution in [1.82, 2.24) is 0 Å². The molecule has 8 heteroatoms. The van der Waals surface area contributed by atoms with Crippen molar-refractivity contribution in [3.05, 3.63) is 35.4 Å². The van der Waals surface area contributed by atoms with Gasteiger partial charge in [0, 0.05) is 0 Å². The van der Waals surface area contributed by atoms with Crippen LogP contribution in [0, 0.1) is 0 Å². The minimum Gasteiger partial charge on any atom is -0.373 e. The fourth-order valence-electron chi connectivity index (χ4n) is 1.10. The molecule has 16 heavy (non-hydrogen) atoms. The Kier molecular flexibility index (Phi) is 4.71. The predicted molar refractivity (Wildman–Crippen MR) is 57.9 cm³/mol. The number of aliphatic hydroxyl groups is 2. The minimum absolute atomic E-state index is 0.0860. The van der Waals surface area contributed by atoms with Crippen molar-refractivity contribution in [2.24, 2.45) is 0 Å². The van der Waals surface area contributed by atoms with Crippen LogP contribution in [0.1, 0.15) is 22.0 Å². The quantitative estimate of drug-likeness (QED) is 0.575. The normalized spacial score (nSPS) is 18.8. The van der Waals surface area contributed by atoms with Crippen LogP contribution in [-0.4, -0.2) is 27.7 Å². The summed E-state index contributed by atoms with van der Waals surface area (Å²) >= 11 is -4.92. The highest BCUT2D eigenvalue weighted by atomic mass is 32.2. The summed E-state index contributed by atoms with van der Waals surface area (Å²) in [5.41, 5.74) is -3.05. The van der Waals surface area contributed by atoms with E-state index in [9.17, 15) is 18.6 Å². The lowest BCUT2D eigenvalue weighted by Crippen LogP contribution is -2.08. The Morgan fingerprint density at radius 1 is 0.938 bits per heavy atom. The molecule has 0 aliphatic carbocycles. The Labute approximate surface area is 96.5 Å². The van der Waals surface area contributed by atoms with Crippen LogP contribution in [0.2, 0.25) is 0 Å². The summed E-state index contributed by atoms with van der Waals surface area (Å²) in [4.78, 5) is 0. The van der Waals surface area contributed by atoms with Gasteiger partial charge in [0.25, 0.3) is 0 Å². The largest absolute Gasteiger partial charge is 0.373 e. The van der Waals surface area contributed by atoms with Crippen molar-refractivity contribution in [2.75, 3.05) is 0 Å². The molecule has 3 unspecified atom stereocenters. The molecule has 1 aromatic carbocycles. The maximum atomic E-state index is 10.6. The lowest BCUT2D eigenvalue weighted by molar-refractivity contribution is 0.245. The van der Waals surface area contributed by atoms with E-state index in [0.29, 0.717) is 0 Å². The summed E-state index contributed by atoms with van der Waals surface area (Å²) < 4.78 is 38.5. The van der Waals surface area contributed by atoms with Crippen LogP contribution >= 0.6 is 0 Å². The molecule has 90 valence electrons. The lowest BCUT2D eigenvalue weighted by atomic mass is 10.1. The van der Waals surface area contributed by atoms with E-state index >= 15 is 0 Å². The van der Waals surface area contributed by atoms with Gasteiger partial charge in [-0.05, 0) is 17.2 Å². The monoisotopic (exact) mass is 266 g/mol. The van der Waals surface area contributed by atoms with Crippen LogP contribution in [0.4, 0.5) is 0 Å². The molecule has 0 aliphatic heterocycles. The zero-order chi connectivity index (χ0) is 12.3. The molecular weight excluding hydrogens is 256 g/mol. The van der Waals surface area contributed by atoms with Gasteiger partial charge in [-0.3, -0.25) is 0 Å². The van der Waals surface area contributed by atoms with Crippen molar-refractivity contribution < 1.29 is 27.7 Å². The minimum atomic E-state index is -2.46. The molecule has 0 bridgehead atoms. The smallest absolute Gasteiger partial charge is 0.187 e. The topological polar surface area (TPSA) is 115 Å². The predicted octanol–water partition coefficient (Wildman–Crippen LogP) is 0.112. The standard InChI is InChI=1S/C8H10O6S2/c9-7(15(11)12)5-2-1-3-6(4-5)8(10)16(13)14/h1-4,7-10H,(H,11,12)(H,13,14)/t7-,8?/m1/s1. The zero-order valence-corrected chi connectivity index (χ0v) is 9.52. The van der Waals surface area contributed by atoms with Gasteiger partial charge in [0.1, 0.15) is 0 Å². The van der Waals surface area contributed by atoms with Crippen molar-refractivity contribution in [3.63, 3.8) is 0 Å². The third-order valence-electron chi connectivity index (χ3n) is 1.86. The Hall–Kier alpha value is -0.640. The Morgan fingerprint density at radius 2 is 1.31 bits per heavy atom. The summed E-state index contributed by atoms with van der Waals surface area (Å²) in [6.45, 7) is 0. The first-order valence-corrected chi connectivity index (χ1v) is 6.42. The van der Waals surface area contributed by atoms with E-state index < -0.39 is 33.0 Å². The van der Waals surface area contributed by atoms with Gasteiger partial charge in [0.15, 0.2) is 33.0 Å². The van der Waals surface area contributed by atoms with E-state index in [-0.39, 0.29) is 11.1 Å². The van der Waals surface area contributed by atoms with Crippen LogP contribution in [0.3, 0.4) is 0 Å². The molecule has 6 nitrogen and oxygen atoms in total. The molecule has 0 saturated heterocycles. The van der Waals surface area contributed by atoms with Crippen LogP contribution in [0.5, 0.6) is 0 Å². The van der Waals surface area contributed by atoms with Crippen molar-refractivity contribution in [3.8, 4) is 0 Å². The molecule has 0 fully saturated rings. The van der Waals surface area contributed by atoms with Crippen molar-refractivity contribution >= 4 is 22.2 Å². The Morgan fingerprint density at radius 3 is 1.62 bits per heavy atom. The molecule has 0 heterocycles. The van der Waals surface area contributed by atoms with Gasteiger partial charge in [-0.2, -0.15) is 0 Å². The van der Waals surface area contributed by atoms with Crippen LogP contribution in [0.15, 0.2) is 24.3 Å². The fraction of sp³-hybridized carbons (Fsp3) is 0.250. The third-order valence-corrected chi connectivity index (χ3v) is 3.17. The molecule has 0 aromatic heterocycles. The number of aliphatic hydroxyl groups excluding tert-OH is 2. The molecule has 0 aliphatic rings. The number of hydrogen-bond donors (Lipinski definition) is 4. The highest BCUT2D eigenvalue weighted by Gasteiger charge is 2.18. The maximum Gasteiger partial charge on any atom is 0.187 e. The highest BCUT2D eigenvalue weighted by Crippen LogP contribution is 2.21. The van der Waals surface area contributed by atoms with Gasteiger partial charge in [-0.15, -0.1) is 0 Å². The van der Waals surface area contributed by atoms with E-state index in [1.807, 2.05) is 0 Å². The number of rotatable bonds is 4. The van der Waals surface area contributed by atoms with E-state index in [0.717, 1.165) is 0 Å². The first-order chi connectivity index (χ1) is 7.43. The molecule has 1 aromatic rings. The van der Waals surface area contributed by atoms with Gasteiger partial charge in [-0.25, -0.2) is 8.42 Å². The zero-order valence-electron chi connectivity index (χ0n) is 7.89. The summed E-state index contributed by atoms with van der Waals surface area (Å²) in [6, 6.07) is 5.33. The molecule has 1 rings (SSSR count). The van der Waals surface area contributed by atoms with E-state index in [1.54, 1.807) is 0 Å². The third kappa shape index (κ3) is 3.17. The van der Waals surface area contributed by atoms with E-state index in [2.05, 4.69) is 0 Å². The molecule has 4 atom stereocenters. The van der Waals surface area contributed by atoms with Crippen LogP contribution in [0.25, 0.3) is 0 Å². The van der Waals surface area contributed by atoms with Gasteiger partial charge in [0.05, 0.1) is 0 Å². The first kappa shape index (κ1) is 13.4. The highest BCUT2D eigenvalue weighted by molar-refractivity contribution is 7.79. The Balaban J connectivity index is 3.04. The SMILES string of the molecule is O=S(O)C(O)c1cccc([C@H](O)S(=O)O)c1. The average Bonchev–Trinajstić information content (AvgIpc) is 2.26. The second-order valence-electron chi connectivity index (χ2n) is 2.93. The fourth-order valence-corrected chi connectivity index (χ4v) is 1.86. The van der Waals surface area contributed by atoms with Gasteiger partial charge in [0.2, 0.25) is 0 Å². The second kappa shape index (κ2) is 5.62. The van der Waals surface area contributed by atoms with Crippen LogP contribution < -0.4 is 0 Å². The molecule has 4 N–H and O–H groups in total. The van der Waals surface area contributed by atoms with E-state index in [1.165, 1.54) is 24.3 Å². The molecule has 0 saturated carbocycles. The van der Waals surface area contributed by atoms with E-state index in [4.69, 9.17) is 9.11 Å². The van der Waals surface area contributed by atoms with Crippen molar-refractivity contribution in [2.45, 2.75) is 10.9 Å². The number of hydrogen-bond acceptors (Lipinski definition) is 4. The lowest BCUT2D eigenvalue weighted by Gasteiger charge is -2.10. The summed E-state index contributed by atoms with van der Waals surface area (Å²) in [6.07, 6.45) is 0. The molecule has 0 amide bonds. The summed E-state index contributed by atoms with van der Waals surface area (Å²) in [5.74, 6) is 0. The maximum absolute atomic E-state index is 10.6. The van der Waals surface area contributed by atoms with Gasteiger partial charge in [-0.1, -0.05) is 18.2 Å². The molecular formula is C8H10O6S2. The summed E-state index contributed by atoms with van der Waals surface area (Å²) in [5, 5.41) is 18.5. The van der Waals surface area contributed by atoms with Gasteiger partial charge < -0.3 is 19.3 Å². The van der Waals surface area contributed by atoms with Crippen molar-refractivity contribution in [1.29, 1.82) is 0 Å². The average molecular weight is 266 g/mol. The second-order valence-corrected chi connectivity index (χ2v) is 4.92. The summed E-state index contributed by atoms with van der Waals surface area (Å²) in [7, 11) is 0. The number of benzene rings is 1.